The molecule has 0 aliphatic rings. The molecule has 30 heavy (non-hydrogen) atoms. The zero-order chi connectivity index (χ0) is 22.7. The predicted octanol–water partition coefficient (Wildman–Crippen LogP) is 3.66. The second kappa shape index (κ2) is 8.86. The average molecular weight is 427 g/mol. The van der Waals surface area contributed by atoms with E-state index >= 15 is 0 Å². The van der Waals surface area contributed by atoms with Gasteiger partial charge >= 0.3 is 18.1 Å². The molecule has 0 aliphatic heterocycles. The summed E-state index contributed by atoms with van der Waals surface area (Å²) in [5.41, 5.74) is -1.59. The number of rotatable bonds is 7. The van der Waals surface area contributed by atoms with Crippen molar-refractivity contribution in [3.8, 4) is 5.69 Å². The molecule has 0 saturated heterocycles. The Bertz CT molecular complexity index is 917. The third kappa shape index (κ3) is 6.31. The van der Waals surface area contributed by atoms with Crippen LogP contribution in [0.25, 0.3) is 5.69 Å². The summed E-state index contributed by atoms with van der Waals surface area (Å²) in [6.45, 7) is 7.71. The van der Waals surface area contributed by atoms with E-state index in [9.17, 15) is 27.9 Å². The van der Waals surface area contributed by atoms with E-state index in [0.29, 0.717) is 24.7 Å². The Morgan fingerprint density at radius 2 is 1.90 bits per heavy atom. The zero-order valence-corrected chi connectivity index (χ0v) is 17.1. The van der Waals surface area contributed by atoms with Crippen molar-refractivity contribution in [2.45, 2.75) is 46.0 Å². The van der Waals surface area contributed by atoms with Gasteiger partial charge in [-0.2, -0.15) is 18.3 Å². The van der Waals surface area contributed by atoms with E-state index in [4.69, 9.17) is 4.74 Å². The summed E-state index contributed by atoms with van der Waals surface area (Å²) in [4.78, 5) is 23.3. The first-order valence-electron chi connectivity index (χ1n) is 9.21. The van der Waals surface area contributed by atoms with Gasteiger partial charge in [0, 0.05) is 19.2 Å². The first kappa shape index (κ1) is 23.4. The number of carboxylic acid groups (broad SMARTS) is 1. The topological polar surface area (TPSA) is 93.5 Å². The van der Waals surface area contributed by atoms with Crippen molar-refractivity contribution >= 4 is 11.9 Å². The predicted molar refractivity (Wildman–Crippen MR) is 102 cm³/mol. The monoisotopic (exact) mass is 427 g/mol. The third-order valence-electron chi connectivity index (χ3n) is 3.96. The van der Waals surface area contributed by atoms with Gasteiger partial charge in [-0.15, -0.1) is 0 Å². The van der Waals surface area contributed by atoms with Crippen LogP contribution < -0.4 is 5.32 Å². The number of carboxylic acids is 1. The largest absolute Gasteiger partial charge is 0.477 e. The molecule has 0 fully saturated rings. The minimum atomic E-state index is -4.76. The van der Waals surface area contributed by atoms with Gasteiger partial charge in [0.25, 0.3) is 0 Å². The first-order valence-corrected chi connectivity index (χ1v) is 9.21. The fraction of sp³-hybridized carbons (Fsp3) is 0.450. The molecule has 2 rings (SSSR count). The standard InChI is InChI=1S/C20H24F3N3O4/c1-12(18(29)30-19(2,3)4)10-24-11-13-6-5-7-14(8-13)26-15(17(27)28)9-16(25-26)20(21,22)23/h5-9,12,24H,10-11H2,1-4H3,(H,27,28). The van der Waals surface area contributed by atoms with Crippen molar-refractivity contribution in [2.24, 2.45) is 5.92 Å². The molecule has 0 spiro atoms. The highest BCUT2D eigenvalue weighted by molar-refractivity contribution is 5.86. The number of carbonyl (C=O) groups is 2. The second-order valence-electron chi connectivity index (χ2n) is 7.86. The Kier molecular flexibility index (Phi) is 6.91. The maximum absolute atomic E-state index is 12.9. The van der Waals surface area contributed by atoms with E-state index in [0.717, 1.165) is 4.68 Å². The number of hydrogen-bond donors (Lipinski definition) is 2. The van der Waals surface area contributed by atoms with Crippen LogP contribution in [0.3, 0.4) is 0 Å². The molecule has 0 aliphatic carbocycles. The van der Waals surface area contributed by atoms with Crippen LogP contribution in [0.15, 0.2) is 30.3 Å². The summed E-state index contributed by atoms with van der Waals surface area (Å²) < 4.78 is 44.9. The van der Waals surface area contributed by atoms with Gasteiger partial charge in [-0.05, 0) is 38.5 Å². The van der Waals surface area contributed by atoms with E-state index in [1.807, 2.05) is 0 Å². The number of nitrogens with one attached hydrogen (secondary N) is 1. The molecule has 0 bridgehead atoms. The number of hydrogen-bond acceptors (Lipinski definition) is 5. The van der Waals surface area contributed by atoms with Gasteiger partial charge in [0.15, 0.2) is 11.4 Å². The molecule has 1 aromatic heterocycles. The molecule has 0 radical (unpaired) electrons. The number of halogens is 3. The van der Waals surface area contributed by atoms with Crippen LogP contribution in [0.4, 0.5) is 13.2 Å². The van der Waals surface area contributed by atoms with E-state index in [-0.39, 0.29) is 11.7 Å². The fourth-order valence-corrected chi connectivity index (χ4v) is 2.59. The zero-order valence-electron chi connectivity index (χ0n) is 17.1. The highest BCUT2D eigenvalue weighted by Crippen LogP contribution is 2.29. The number of aromatic nitrogens is 2. The Labute approximate surface area is 171 Å². The molecule has 1 heterocycles. The number of carbonyl (C=O) groups excluding carboxylic acids is 1. The van der Waals surface area contributed by atoms with Crippen molar-refractivity contribution in [1.82, 2.24) is 15.1 Å². The molecule has 1 atom stereocenters. The van der Waals surface area contributed by atoms with Crippen LogP contribution in [0.1, 0.15) is 49.4 Å². The molecule has 0 saturated carbocycles. The minimum absolute atomic E-state index is 0.183. The number of aromatic carboxylic acids is 1. The molecule has 1 unspecified atom stereocenters. The highest BCUT2D eigenvalue weighted by Gasteiger charge is 2.36. The number of ether oxygens (including phenoxy) is 1. The molecule has 164 valence electrons. The Morgan fingerprint density at radius 3 is 2.47 bits per heavy atom. The molecular weight excluding hydrogens is 403 g/mol. The summed E-state index contributed by atoms with van der Waals surface area (Å²) in [6, 6.07) is 6.81. The van der Waals surface area contributed by atoms with Crippen molar-refractivity contribution in [1.29, 1.82) is 0 Å². The van der Waals surface area contributed by atoms with Gasteiger partial charge in [-0.1, -0.05) is 19.1 Å². The van der Waals surface area contributed by atoms with Gasteiger partial charge in [-0.25, -0.2) is 9.48 Å². The third-order valence-corrected chi connectivity index (χ3v) is 3.96. The first-order chi connectivity index (χ1) is 13.8. The summed E-state index contributed by atoms with van der Waals surface area (Å²) in [5.74, 6) is -2.26. The van der Waals surface area contributed by atoms with Gasteiger partial charge in [0.05, 0.1) is 11.6 Å². The SMILES string of the molecule is CC(CNCc1cccc(-n2nc(C(F)(F)F)cc2C(=O)O)c1)C(=O)OC(C)(C)C. The Balaban J connectivity index is 2.11. The normalized spacial score (nSPS) is 13.2. The molecule has 2 N–H and O–H groups in total. The lowest BCUT2D eigenvalue weighted by Crippen LogP contribution is -2.32. The Morgan fingerprint density at radius 1 is 1.23 bits per heavy atom. The van der Waals surface area contributed by atoms with E-state index in [1.54, 1.807) is 39.8 Å². The fourth-order valence-electron chi connectivity index (χ4n) is 2.59. The maximum Gasteiger partial charge on any atom is 0.435 e. The number of nitrogens with zero attached hydrogens (tertiary/aromatic N) is 2. The lowest BCUT2D eigenvalue weighted by molar-refractivity contribution is -0.159. The van der Waals surface area contributed by atoms with E-state index in [2.05, 4.69) is 10.4 Å². The molecule has 7 nitrogen and oxygen atoms in total. The molecule has 1 aromatic carbocycles. The lowest BCUT2D eigenvalue weighted by atomic mass is 10.1. The number of benzene rings is 1. The Hall–Kier alpha value is -2.88. The summed E-state index contributed by atoms with van der Waals surface area (Å²) in [7, 11) is 0. The maximum atomic E-state index is 12.9. The van der Waals surface area contributed by atoms with Crippen molar-refractivity contribution in [2.75, 3.05) is 6.54 Å². The summed E-state index contributed by atoms with van der Waals surface area (Å²) in [6.07, 6.45) is -4.76. The van der Waals surface area contributed by atoms with Gasteiger partial charge in [0.1, 0.15) is 5.60 Å². The molecule has 2 aromatic rings. The van der Waals surface area contributed by atoms with Crippen LogP contribution in [0.2, 0.25) is 0 Å². The highest BCUT2D eigenvalue weighted by atomic mass is 19.4. The van der Waals surface area contributed by atoms with E-state index in [1.165, 1.54) is 12.1 Å². The van der Waals surface area contributed by atoms with E-state index < -0.39 is 35.1 Å². The molecule has 0 amide bonds. The average Bonchev–Trinajstić information content (AvgIpc) is 3.06. The lowest BCUT2D eigenvalue weighted by Gasteiger charge is -2.22. The summed E-state index contributed by atoms with van der Waals surface area (Å²) >= 11 is 0. The quantitative estimate of drug-likeness (QED) is 0.655. The second-order valence-corrected chi connectivity index (χ2v) is 7.86. The molecular formula is C20H24F3N3O4. The minimum Gasteiger partial charge on any atom is -0.477 e. The number of esters is 1. The van der Waals surface area contributed by atoms with Crippen LogP contribution in [0.5, 0.6) is 0 Å². The number of alkyl halides is 3. The van der Waals surface area contributed by atoms with Crippen LogP contribution >= 0.6 is 0 Å². The van der Waals surface area contributed by atoms with Gasteiger partial charge in [-0.3, -0.25) is 4.79 Å². The van der Waals surface area contributed by atoms with Crippen LogP contribution in [0, 0.1) is 5.92 Å². The van der Waals surface area contributed by atoms with Crippen LogP contribution in [-0.4, -0.2) is 39.0 Å². The van der Waals surface area contributed by atoms with Crippen LogP contribution in [-0.2, 0) is 22.3 Å². The van der Waals surface area contributed by atoms with Crippen molar-refractivity contribution < 1.29 is 32.6 Å². The smallest absolute Gasteiger partial charge is 0.435 e. The summed E-state index contributed by atoms with van der Waals surface area (Å²) in [5, 5.41) is 15.7. The van der Waals surface area contributed by atoms with Crippen molar-refractivity contribution in [3.63, 3.8) is 0 Å². The van der Waals surface area contributed by atoms with Gasteiger partial charge in [0.2, 0.25) is 0 Å². The molecule has 10 heteroatoms. The van der Waals surface area contributed by atoms with Gasteiger partial charge < -0.3 is 15.2 Å². The van der Waals surface area contributed by atoms with Crippen molar-refractivity contribution in [3.05, 3.63) is 47.3 Å².